The summed E-state index contributed by atoms with van der Waals surface area (Å²) in [5.41, 5.74) is 0.733. The lowest BCUT2D eigenvalue weighted by Crippen LogP contribution is -2.21. The van der Waals surface area contributed by atoms with Gasteiger partial charge in [0, 0.05) is 13.5 Å². The number of alkyl halides is 4. The largest absolute Gasteiger partial charge is 0.408 e. The molecule has 0 aliphatic rings. The van der Waals surface area contributed by atoms with Crippen LogP contribution in [0.2, 0.25) is 0 Å². The van der Waals surface area contributed by atoms with Gasteiger partial charge in [-0.05, 0) is 0 Å². The van der Waals surface area contributed by atoms with Crippen LogP contribution in [0.5, 0.6) is 0 Å². The lowest BCUT2D eigenvalue weighted by atomic mass is 10.2. The molecule has 0 saturated heterocycles. The molecule has 16 heavy (non-hydrogen) atoms. The second-order valence-electron chi connectivity index (χ2n) is 3.13. The molecule has 1 heterocycles. The summed E-state index contributed by atoms with van der Waals surface area (Å²) in [4.78, 5) is 0. The maximum absolute atomic E-state index is 12.2. The van der Waals surface area contributed by atoms with Gasteiger partial charge >= 0.3 is 6.18 Å². The average molecular weight is 258 g/mol. The average Bonchev–Trinajstić information content (AvgIpc) is 2.55. The molecule has 0 atom stereocenters. The Morgan fingerprint density at radius 2 is 2.12 bits per heavy atom. The fraction of sp³-hybridized carbons (Fsp3) is 0.750. The summed E-state index contributed by atoms with van der Waals surface area (Å²) in [5, 5.41) is 7.03. The van der Waals surface area contributed by atoms with Gasteiger partial charge in [-0.2, -0.15) is 13.2 Å². The molecule has 0 aromatic carbocycles. The molecule has 0 amide bonds. The molecule has 1 aromatic heterocycles. The van der Waals surface area contributed by atoms with E-state index in [-0.39, 0.29) is 5.88 Å². The highest BCUT2D eigenvalue weighted by Crippen LogP contribution is 2.19. The van der Waals surface area contributed by atoms with Crippen molar-refractivity contribution < 1.29 is 17.9 Å². The van der Waals surface area contributed by atoms with E-state index >= 15 is 0 Å². The van der Waals surface area contributed by atoms with Crippen LogP contribution in [-0.2, 0) is 23.6 Å². The number of hydrogen-bond acceptors (Lipinski definition) is 3. The lowest BCUT2D eigenvalue weighted by molar-refractivity contribution is -0.143. The van der Waals surface area contributed by atoms with Gasteiger partial charge in [0.15, 0.2) is 0 Å². The van der Waals surface area contributed by atoms with Crippen molar-refractivity contribution in [2.24, 2.45) is 0 Å². The van der Waals surface area contributed by atoms with Crippen LogP contribution in [0.25, 0.3) is 0 Å². The van der Waals surface area contributed by atoms with E-state index in [0.717, 1.165) is 4.68 Å². The zero-order valence-corrected chi connectivity index (χ0v) is 9.35. The van der Waals surface area contributed by atoms with Crippen LogP contribution in [0, 0.1) is 0 Å². The maximum Gasteiger partial charge on any atom is 0.408 e. The van der Waals surface area contributed by atoms with Crippen molar-refractivity contribution in [1.29, 1.82) is 0 Å². The van der Waals surface area contributed by atoms with Crippen LogP contribution in [0.1, 0.15) is 11.4 Å². The topological polar surface area (TPSA) is 39.9 Å². The molecule has 8 heteroatoms. The first-order valence-corrected chi connectivity index (χ1v) is 5.04. The van der Waals surface area contributed by atoms with E-state index in [1.165, 1.54) is 7.11 Å². The molecule has 0 spiro atoms. The van der Waals surface area contributed by atoms with Gasteiger partial charge in [-0.25, -0.2) is 4.68 Å². The Morgan fingerprint density at radius 3 is 2.62 bits per heavy atom. The normalized spacial score (nSPS) is 12.1. The van der Waals surface area contributed by atoms with Crippen LogP contribution in [0.4, 0.5) is 13.2 Å². The van der Waals surface area contributed by atoms with Gasteiger partial charge in [0.05, 0.1) is 18.2 Å². The van der Waals surface area contributed by atoms with Crippen molar-refractivity contribution in [1.82, 2.24) is 15.0 Å². The number of hydrogen-bond donors (Lipinski definition) is 0. The van der Waals surface area contributed by atoms with Crippen molar-refractivity contribution in [2.45, 2.75) is 25.0 Å². The highest BCUT2D eigenvalue weighted by Gasteiger charge is 2.30. The molecule has 0 saturated carbocycles. The molecule has 0 N–H and O–H groups in total. The Bertz CT molecular complexity index is 340. The smallest absolute Gasteiger partial charge is 0.384 e. The second-order valence-corrected chi connectivity index (χ2v) is 3.40. The van der Waals surface area contributed by atoms with Crippen LogP contribution in [0.3, 0.4) is 0 Å². The van der Waals surface area contributed by atoms with Gasteiger partial charge in [0.25, 0.3) is 0 Å². The predicted octanol–water partition coefficient (Wildman–Crippen LogP) is 1.77. The SMILES string of the molecule is COCCc1c(CCl)nnn1CC(F)(F)F. The highest BCUT2D eigenvalue weighted by atomic mass is 35.5. The molecular weight excluding hydrogens is 247 g/mol. The van der Waals surface area contributed by atoms with Crippen molar-refractivity contribution >= 4 is 11.6 Å². The van der Waals surface area contributed by atoms with Gasteiger partial charge in [-0.1, -0.05) is 5.21 Å². The molecule has 0 bridgehead atoms. The summed E-state index contributed by atoms with van der Waals surface area (Å²) >= 11 is 5.56. The van der Waals surface area contributed by atoms with E-state index < -0.39 is 12.7 Å². The Labute approximate surface area is 95.3 Å². The summed E-state index contributed by atoms with van der Waals surface area (Å²) in [7, 11) is 1.47. The first-order chi connectivity index (χ1) is 7.48. The van der Waals surface area contributed by atoms with Crippen LogP contribution in [-0.4, -0.2) is 34.9 Å². The van der Waals surface area contributed by atoms with E-state index in [2.05, 4.69) is 10.3 Å². The summed E-state index contributed by atoms with van der Waals surface area (Å²) in [6, 6.07) is 0. The predicted molar refractivity (Wildman–Crippen MR) is 51.2 cm³/mol. The minimum Gasteiger partial charge on any atom is -0.384 e. The zero-order valence-electron chi connectivity index (χ0n) is 8.59. The van der Waals surface area contributed by atoms with Gasteiger partial charge in [0.1, 0.15) is 12.2 Å². The van der Waals surface area contributed by atoms with E-state index in [4.69, 9.17) is 16.3 Å². The molecule has 1 aromatic rings. The molecule has 0 aliphatic carbocycles. The maximum atomic E-state index is 12.2. The molecular formula is C8H11ClF3N3O. The van der Waals surface area contributed by atoms with Gasteiger partial charge in [0.2, 0.25) is 0 Å². The van der Waals surface area contributed by atoms with Crippen molar-refractivity contribution in [3.05, 3.63) is 11.4 Å². The van der Waals surface area contributed by atoms with Gasteiger partial charge in [-0.3, -0.25) is 0 Å². The summed E-state index contributed by atoms with van der Waals surface area (Å²) in [5.74, 6) is 0.0386. The lowest BCUT2D eigenvalue weighted by Gasteiger charge is -2.09. The molecule has 92 valence electrons. The summed E-state index contributed by atoms with van der Waals surface area (Å²) < 4.78 is 42.2. The first-order valence-electron chi connectivity index (χ1n) is 4.51. The third kappa shape index (κ3) is 3.64. The Hall–Kier alpha value is -0.820. The molecule has 0 aliphatic heterocycles. The van der Waals surface area contributed by atoms with E-state index in [0.29, 0.717) is 24.4 Å². The third-order valence-corrected chi connectivity index (χ3v) is 2.17. The number of halogens is 4. The zero-order chi connectivity index (χ0) is 12.2. The molecule has 1 rings (SSSR count). The number of methoxy groups -OCH3 is 1. The van der Waals surface area contributed by atoms with Crippen LogP contribution in [0.15, 0.2) is 0 Å². The molecule has 0 fully saturated rings. The number of nitrogens with zero attached hydrogens (tertiary/aromatic N) is 3. The third-order valence-electron chi connectivity index (χ3n) is 1.92. The van der Waals surface area contributed by atoms with Crippen LogP contribution < -0.4 is 0 Å². The van der Waals surface area contributed by atoms with Crippen molar-refractivity contribution in [3.8, 4) is 0 Å². The molecule has 0 unspecified atom stereocenters. The van der Waals surface area contributed by atoms with Gasteiger partial charge in [-0.15, -0.1) is 16.7 Å². The highest BCUT2D eigenvalue weighted by molar-refractivity contribution is 6.16. The minimum absolute atomic E-state index is 0.0386. The first kappa shape index (κ1) is 13.2. The van der Waals surface area contributed by atoms with Crippen molar-refractivity contribution in [3.63, 3.8) is 0 Å². The quantitative estimate of drug-likeness (QED) is 0.755. The van der Waals surface area contributed by atoms with Crippen LogP contribution >= 0.6 is 11.6 Å². The standard InChI is InChI=1S/C8H11ClF3N3O/c1-16-3-2-7-6(4-9)13-14-15(7)5-8(10,11)12/h2-5H2,1H3. The minimum atomic E-state index is -4.32. The van der Waals surface area contributed by atoms with E-state index in [1.807, 2.05) is 0 Å². The Morgan fingerprint density at radius 1 is 1.44 bits per heavy atom. The summed E-state index contributed by atoms with van der Waals surface area (Å²) in [6.45, 7) is -0.856. The second kappa shape index (κ2) is 5.49. The molecule has 0 radical (unpaired) electrons. The van der Waals surface area contributed by atoms with E-state index in [1.54, 1.807) is 0 Å². The number of ether oxygens (including phenoxy) is 1. The summed E-state index contributed by atoms with van der Waals surface area (Å²) in [6.07, 6.45) is -4.01. The molecule has 4 nitrogen and oxygen atoms in total. The van der Waals surface area contributed by atoms with E-state index in [9.17, 15) is 13.2 Å². The monoisotopic (exact) mass is 257 g/mol. The number of rotatable bonds is 5. The fourth-order valence-corrected chi connectivity index (χ4v) is 1.45. The number of aromatic nitrogens is 3. The van der Waals surface area contributed by atoms with Crippen molar-refractivity contribution in [2.75, 3.05) is 13.7 Å². The fourth-order valence-electron chi connectivity index (χ4n) is 1.24. The Kier molecular flexibility index (Phi) is 4.55. The van der Waals surface area contributed by atoms with Gasteiger partial charge < -0.3 is 4.74 Å². The Balaban J connectivity index is 2.86.